The number of benzene rings is 1. The lowest BCUT2D eigenvalue weighted by Gasteiger charge is -2.07. The number of halogens is 2. The molecule has 1 aromatic carbocycles. The van der Waals surface area contributed by atoms with Gasteiger partial charge in [-0.2, -0.15) is 0 Å². The van der Waals surface area contributed by atoms with Gasteiger partial charge in [0.2, 0.25) is 0 Å². The maximum Gasteiger partial charge on any atom is 0.164 e. The normalized spacial score (nSPS) is 11.2. The van der Waals surface area contributed by atoms with Gasteiger partial charge in [0.1, 0.15) is 17.2 Å². The summed E-state index contributed by atoms with van der Waals surface area (Å²) in [5.74, 6) is 1.05. The van der Waals surface area contributed by atoms with E-state index in [4.69, 9.17) is 11.6 Å². The van der Waals surface area contributed by atoms with Crippen molar-refractivity contribution >= 4 is 22.8 Å². The molecule has 0 radical (unpaired) electrons. The number of hydrogen-bond acceptors (Lipinski definition) is 2. The minimum atomic E-state index is -0.263. The molecule has 0 aliphatic rings. The molecular formula is C15H13ClFN3. The third-order valence-electron chi connectivity index (χ3n) is 3.11. The van der Waals surface area contributed by atoms with Crippen LogP contribution in [0, 0.1) is 12.7 Å². The molecule has 102 valence electrons. The molecule has 0 saturated heterocycles. The SMILES string of the molecule is Cc1cnc2c(c1)nc(CCCl)n2-c1ccc(F)cc1. The van der Waals surface area contributed by atoms with Crippen molar-refractivity contribution in [3.63, 3.8) is 0 Å². The van der Waals surface area contributed by atoms with Crippen LogP contribution in [0.1, 0.15) is 11.4 Å². The molecule has 5 heteroatoms. The molecule has 0 spiro atoms. The first-order chi connectivity index (χ1) is 9.69. The van der Waals surface area contributed by atoms with Gasteiger partial charge in [-0.3, -0.25) is 4.57 Å². The Hall–Kier alpha value is -1.94. The van der Waals surface area contributed by atoms with Crippen molar-refractivity contribution in [2.75, 3.05) is 5.88 Å². The van der Waals surface area contributed by atoms with E-state index < -0.39 is 0 Å². The van der Waals surface area contributed by atoms with E-state index in [0.717, 1.165) is 28.2 Å². The molecule has 0 aliphatic carbocycles. The van der Waals surface area contributed by atoms with Crippen LogP contribution in [0.2, 0.25) is 0 Å². The number of imidazole rings is 1. The second kappa shape index (κ2) is 5.21. The zero-order valence-electron chi connectivity index (χ0n) is 11.0. The smallest absolute Gasteiger partial charge is 0.164 e. The van der Waals surface area contributed by atoms with Gasteiger partial charge >= 0.3 is 0 Å². The quantitative estimate of drug-likeness (QED) is 0.689. The predicted molar refractivity (Wildman–Crippen MR) is 78.0 cm³/mol. The maximum absolute atomic E-state index is 13.1. The van der Waals surface area contributed by atoms with Gasteiger partial charge in [-0.05, 0) is 42.8 Å². The van der Waals surface area contributed by atoms with Crippen molar-refractivity contribution in [1.82, 2.24) is 14.5 Å². The topological polar surface area (TPSA) is 30.7 Å². The number of fused-ring (bicyclic) bond motifs is 1. The van der Waals surface area contributed by atoms with Gasteiger partial charge in [0.25, 0.3) is 0 Å². The van der Waals surface area contributed by atoms with E-state index in [2.05, 4.69) is 9.97 Å². The maximum atomic E-state index is 13.1. The van der Waals surface area contributed by atoms with Gasteiger partial charge in [-0.15, -0.1) is 11.6 Å². The highest BCUT2D eigenvalue weighted by Gasteiger charge is 2.13. The van der Waals surface area contributed by atoms with Gasteiger partial charge in [0.15, 0.2) is 5.65 Å². The van der Waals surface area contributed by atoms with Gasteiger partial charge in [0.05, 0.1) is 0 Å². The molecule has 2 aromatic heterocycles. The summed E-state index contributed by atoms with van der Waals surface area (Å²) in [5, 5.41) is 0. The number of aromatic nitrogens is 3. The van der Waals surface area contributed by atoms with E-state index in [9.17, 15) is 4.39 Å². The summed E-state index contributed by atoms with van der Waals surface area (Å²) in [7, 11) is 0. The Kier molecular flexibility index (Phi) is 3.40. The van der Waals surface area contributed by atoms with Crippen LogP contribution in [0.15, 0.2) is 36.5 Å². The van der Waals surface area contributed by atoms with Crippen LogP contribution < -0.4 is 0 Å². The van der Waals surface area contributed by atoms with Crippen LogP contribution in [-0.2, 0) is 6.42 Å². The molecule has 0 fully saturated rings. The van der Waals surface area contributed by atoms with E-state index in [-0.39, 0.29) is 5.82 Å². The van der Waals surface area contributed by atoms with Crippen LogP contribution in [0.4, 0.5) is 4.39 Å². The van der Waals surface area contributed by atoms with E-state index in [1.54, 1.807) is 18.3 Å². The average Bonchev–Trinajstić information content (AvgIpc) is 2.77. The molecular weight excluding hydrogens is 277 g/mol. The number of alkyl halides is 1. The predicted octanol–water partition coefficient (Wildman–Crippen LogP) is 3.65. The van der Waals surface area contributed by atoms with E-state index in [1.807, 2.05) is 17.6 Å². The Balaban J connectivity index is 2.25. The highest BCUT2D eigenvalue weighted by atomic mass is 35.5. The summed E-state index contributed by atoms with van der Waals surface area (Å²) in [5.41, 5.74) is 3.49. The molecule has 0 aliphatic heterocycles. The Morgan fingerprint density at radius 3 is 2.70 bits per heavy atom. The van der Waals surface area contributed by atoms with Crippen LogP contribution in [-0.4, -0.2) is 20.4 Å². The lowest BCUT2D eigenvalue weighted by Crippen LogP contribution is -2.03. The van der Waals surface area contributed by atoms with E-state index >= 15 is 0 Å². The van der Waals surface area contributed by atoms with Gasteiger partial charge < -0.3 is 0 Å². The van der Waals surface area contributed by atoms with E-state index in [0.29, 0.717) is 12.3 Å². The van der Waals surface area contributed by atoms with Crippen molar-refractivity contribution in [1.29, 1.82) is 0 Å². The molecule has 3 aromatic rings. The lowest BCUT2D eigenvalue weighted by atomic mass is 10.3. The first-order valence-corrected chi connectivity index (χ1v) is 6.88. The van der Waals surface area contributed by atoms with Crippen molar-refractivity contribution in [2.45, 2.75) is 13.3 Å². The van der Waals surface area contributed by atoms with Crippen LogP contribution in [0.25, 0.3) is 16.9 Å². The summed E-state index contributed by atoms with van der Waals surface area (Å²) in [6.07, 6.45) is 2.43. The first-order valence-electron chi connectivity index (χ1n) is 6.35. The largest absolute Gasteiger partial charge is 0.281 e. The van der Waals surface area contributed by atoms with Gasteiger partial charge in [0, 0.05) is 24.2 Å². The number of rotatable bonds is 3. The Labute approximate surface area is 121 Å². The number of aryl methyl sites for hydroxylation is 2. The lowest BCUT2D eigenvalue weighted by molar-refractivity contribution is 0.627. The van der Waals surface area contributed by atoms with Crippen molar-refractivity contribution in [3.8, 4) is 5.69 Å². The zero-order valence-corrected chi connectivity index (χ0v) is 11.7. The molecule has 20 heavy (non-hydrogen) atoms. The molecule has 0 unspecified atom stereocenters. The molecule has 0 N–H and O–H groups in total. The molecule has 3 rings (SSSR count). The summed E-state index contributed by atoms with van der Waals surface area (Å²) in [6, 6.07) is 8.28. The minimum absolute atomic E-state index is 0.263. The van der Waals surface area contributed by atoms with Crippen molar-refractivity contribution in [2.24, 2.45) is 0 Å². The Bertz CT molecular complexity index is 750. The molecule has 0 saturated carbocycles. The van der Waals surface area contributed by atoms with Gasteiger partial charge in [-0.25, -0.2) is 14.4 Å². The summed E-state index contributed by atoms with van der Waals surface area (Å²) in [6.45, 7) is 1.98. The van der Waals surface area contributed by atoms with Gasteiger partial charge in [-0.1, -0.05) is 0 Å². The molecule has 0 amide bonds. The van der Waals surface area contributed by atoms with Crippen molar-refractivity contribution < 1.29 is 4.39 Å². The summed E-state index contributed by atoms with van der Waals surface area (Å²) < 4.78 is 15.0. The Morgan fingerprint density at radius 1 is 1.25 bits per heavy atom. The fourth-order valence-corrected chi connectivity index (χ4v) is 2.40. The monoisotopic (exact) mass is 289 g/mol. The number of pyridine rings is 1. The average molecular weight is 290 g/mol. The second-order valence-corrected chi connectivity index (χ2v) is 5.01. The molecule has 2 heterocycles. The molecule has 0 atom stereocenters. The highest BCUT2D eigenvalue weighted by Crippen LogP contribution is 2.21. The third kappa shape index (κ3) is 2.27. The van der Waals surface area contributed by atoms with Crippen LogP contribution >= 0.6 is 11.6 Å². The highest BCUT2D eigenvalue weighted by molar-refractivity contribution is 6.17. The number of hydrogen-bond donors (Lipinski definition) is 0. The zero-order chi connectivity index (χ0) is 14.1. The standard InChI is InChI=1S/C15H13ClFN3/c1-10-8-13-15(18-9-10)20(14(19-13)6-7-16)12-4-2-11(17)3-5-12/h2-5,8-9H,6-7H2,1H3. The second-order valence-electron chi connectivity index (χ2n) is 4.63. The molecule has 3 nitrogen and oxygen atoms in total. The summed E-state index contributed by atoms with van der Waals surface area (Å²) in [4.78, 5) is 9.03. The van der Waals surface area contributed by atoms with Crippen LogP contribution in [0.5, 0.6) is 0 Å². The Morgan fingerprint density at radius 2 is 2.00 bits per heavy atom. The fraction of sp³-hybridized carbons (Fsp3) is 0.200. The summed E-state index contributed by atoms with van der Waals surface area (Å²) >= 11 is 5.85. The molecule has 0 bridgehead atoms. The van der Waals surface area contributed by atoms with Crippen LogP contribution in [0.3, 0.4) is 0 Å². The fourth-order valence-electron chi connectivity index (χ4n) is 2.23. The first kappa shape index (κ1) is 13.1. The third-order valence-corrected chi connectivity index (χ3v) is 3.30. The minimum Gasteiger partial charge on any atom is -0.281 e. The number of nitrogens with zero attached hydrogens (tertiary/aromatic N) is 3. The van der Waals surface area contributed by atoms with E-state index in [1.165, 1.54) is 12.1 Å². The van der Waals surface area contributed by atoms with Crippen molar-refractivity contribution in [3.05, 3.63) is 53.7 Å².